The number of hydrogen-bond acceptors (Lipinski definition) is 6. The van der Waals surface area contributed by atoms with Crippen LogP contribution in [0.15, 0.2) is 71.8 Å². The van der Waals surface area contributed by atoms with Crippen molar-refractivity contribution in [1.29, 1.82) is 0 Å². The predicted molar refractivity (Wildman–Crippen MR) is 117 cm³/mol. The van der Waals surface area contributed by atoms with E-state index in [-0.39, 0.29) is 11.3 Å². The Morgan fingerprint density at radius 2 is 1.94 bits per heavy atom. The van der Waals surface area contributed by atoms with Crippen LogP contribution in [0.25, 0.3) is 0 Å². The van der Waals surface area contributed by atoms with Gasteiger partial charge < -0.3 is 9.47 Å². The summed E-state index contributed by atoms with van der Waals surface area (Å²) in [5.41, 5.74) is 3.88. The second-order valence-electron chi connectivity index (χ2n) is 6.34. The number of hydrogen-bond donors (Lipinski definition) is 1. The van der Waals surface area contributed by atoms with E-state index >= 15 is 0 Å². The summed E-state index contributed by atoms with van der Waals surface area (Å²) >= 11 is 5.98. The Balaban J connectivity index is 1.64. The van der Waals surface area contributed by atoms with Crippen LogP contribution in [0.3, 0.4) is 0 Å². The molecule has 158 valence electrons. The fourth-order valence-electron chi connectivity index (χ4n) is 2.66. The Hall–Kier alpha value is -3.91. The van der Waals surface area contributed by atoms with Crippen molar-refractivity contribution in [2.24, 2.45) is 5.10 Å². The van der Waals surface area contributed by atoms with Crippen molar-refractivity contribution >= 4 is 29.4 Å². The van der Waals surface area contributed by atoms with Crippen LogP contribution in [0.4, 0.5) is 5.69 Å². The zero-order valence-electron chi connectivity index (χ0n) is 16.4. The summed E-state index contributed by atoms with van der Waals surface area (Å²) in [7, 11) is 1.52. The maximum Gasteiger partial charge on any atom is 0.271 e. The van der Waals surface area contributed by atoms with Crippen molar-refractivity contribution in [3.8, 4) is 11.5 Å². The van der Waals surface area contributed by atoms with E-state index in [1.54, 1.807) is 24.3 Å². The molecule has 0 radical (unpaired) electrons. The molecular weight excluding hydrogens is 422 g/mol. The van der Waals surface area contributed by atoms with Gasteiger partial charge in [0.2, 0.25) is 0 Å². The van der Waals surface area contributed by atoms with Crippen molar-refractivity contribution in [1.82, 2.24) is 5.43 Å². The molecule has 0 aliphatic carbocycles. The average molecular weight is 440 g/mol. The first-order valence-electron chi connectivity index (χ1n) is 9.09. The molecule has 0 fully saturated rings. The van der Waals surface area contributed by atoms with Crippen LogP contribution in [0.5, 0.6) is 11.5 Å². The van der Waals surface area contributed by atoms with Crippen LogP contribution < -0.4 is 14.9 Å². The third-order valence-electron chi connectivity index (χ3n) is 4.17. The number of amides is 1. The first-order chi connectivity index (χ1) is 15.0. The molecule has 0 saturated heterocycles. The lowest BCUT2D eigenvalue weighted by molar-refractivity contribution is -0.384. The highest BCUT2D eigenvalue weighted by Crippen LogP contribution is 2.28. The maximum atomic E-state index is 12.1. The monoisotopic (exact) mass is 439 g/mol. The molecule has 1 amide bonds. The number of nitrogens with one attached hydrogen (secondary N) is 1. The maximum absolute atomic E-state index is 12.1. The molecule has 0 spiro atoms. The van der Waals surface area contributed by atoms with Crippen LogP contribution in [-0.2, 0) is 6.61 Å². The highest BCUT2D eigenvalue weighted by Gasteiger charge is 2.11. The largest absolute Gasteiger partial charge is 0.493 e. The third kappa shape index (κ3) is 6.03. The fourth-order valence-corrected chi connectivity index (χ4v) is 2.88. The average Bonchev–Trinajstić information content (AvgIpc) is 2.78. The van der Waals surface area contributed by atoms with E-state index in [2.05, 4.69) is 10.5 Å². The van der Waals surface area contributed by atoms with Crippen LogP contribution in [0.1, 0.15) is 21.5 Å². The molecule has 0 bridgehead atoms. The Bertz CT molecular complexity index is 1130. The number of carbonyl (C=O) groups is 1. The summed E-state index contributed by atoms with van der Waals surface area (Å²) < 4.78 is 11.2. The van der Waals surface area contributed by atoms with Gasteiger partial charge in [-0.25, -0.2) is 5.43 Å². The van der Waals surface area contributed by atoms with Gasteiger partial charge in [-0.3, -0.25) is 14.9 Å². The quantitative estimate of drug-likeness (QED) is 0.314. The van der Waals surface area contributed by atoms with Crippen molar-refractivity contribution in [3.63, 3.8) is 0 Å². The van der Waals surface area contributed by atoms with Gasteiger partial charge >= 0.3 is 0 Å². The number of rotatable bonds is 8. The van der Waals surface area contributed by atoms with Gasteiger partial charge in [0.1, 0.15) is 6.61 Å². The molecule has 0 heterocycles. The predicted octanol–water partition coefficient (Wildman–Crippen LogP) is 4.60. The van der Waals surface area contributed by atoms with E-state index in [0.717, 1.165) is 5.56 Å². The third-order valence-corrected chi connectivity index (χ3v) is 4.41. The molecule has 0 atom stereocenters. The Morgan fingerprint density at radius 3 is 2.68 bits per heavy atom. The van der Waals surface area contributed by atoms with Crippen LogP contribution in [-0.4, -0.2) is 24.2 Å². The Morgan fingerprint density at radius 1 is 1.13 bits per heavy atom. The number of non-ortho nitro benzene ring substituents is 1. The Labute approximate surface area is 183 Å². The number of nitro benzene ring substituents is 1. The van der Waals surface area contributed by atoms with Gasteiger partial charge in [0.15, 0.2) is 11.5 Å². The van der Waals surface area contributed by atoms with E-state index < -0.39 is 10.8 Å². The standard InChI is InChI=1S/C22H18ClN3O5/c1-30-21-11-15(8-9-20(21)31-14-16-4-2-6-18(23)10-16)13-24-25-22(27)17-5-3-7-19(12-17)26(28)29/h2-13H,14H2,1H3,(H,25,27)/b24-13-. The van der Waals surface area contributed by atoms with Gasteiger partial charge in [-0.05, 0) is 47.5 Å². The van der Waals surface area contributed by atoms with Gasteiger partial charge in [0.05, 0.1) is 18.2 Å². The molecule has 0 aliphatic rings. The first kappa shape index (κ1) is 21.8. The summed E-state index contributed by atoms with van der Waals surface area (Å²) in [4.78, 5) is 22.4. The molecule has 3 rings (SSSR count). The normalized spacial score (nSPS) is 10.6. The minimum atomic E-state index is -0.567. The van der Waals surface area contributed by atoms with Crippen LogP contribution in [0.2, 0.25) is 5.02 Å². The number of ether oxygens (including phenoxy) is 2. The molecule has 9 heteroatoms. The van der Waals surface area contributed by atoms with E-state index in [4.69, 9.17) is 21.1 Å². The van der Waals surface area contributed by atoms with Crippen molar-refractivity contribution in [2.75, 3.05) is 7.11 Å². The summed E-state index contributed by atoms with van der Waals surface area (Å²) in [6, 6.07) is 17.9. The summed E-state index contributed by atoms with van der Waals surface area (Å²) in [6.45, 7) is 0.323. The summed E-state index contributed by atoms with van der Waals surface area (Å²) in [5, 5.41) is 15.3. The first-order valence-corrected chi connectivity index (χ1v) is 9.47. The Kier molecular flexibility index (Phi) is 7.18. The highest BCUT2D eigenvalue weighted by atomic mass is 35.5. The molecule has 8 nitrogen and oxygen atoms in total. The van der Waals surface area contributed by atoms with E-state index in [1.807, 2.05) is 18.2 Å². The number of halogens is 1. The molecule has 0 aliphatic heterocycles. The zero-order valence-corrected chi connectivity index (χ0v) is 17.2. The number of benzene rings is 3. The number of hydrazone groups is 1. The van der Waals surface area contributed by atoms with Gasteiger partial charge in [0, 0.05) is 22.7 Å². The SMILES string of the molecule is COc1cc(/C=N\NC(=O)c2cccc([N+](=O)[O-])c2)ccc1OCc1cccc(Cl)c1. The minimum Gasteiger partial charge on any atom is -0.493 e. The zero-order chi connectivity index (χ0) is 22.2. The molecule has 0 aromatic heterocycles. The van der Waals surface area contributed by atoms with E-state index in [9.17, 15) is 14.9 Å². The lowest BCUT2D eigenvalue weighted by atomic mass is 10.2. The minimum absolute atomic E-state index is 0.133. The fraction of sp³-hybridized carbons (Fsp3) is 0.0909. The number of methoxy groups -OCH3 is 1. The smallest absolute Gasteiger partial charge is 0.271 e. The van der Waals surface area contributed by atoms with Gasteiger partial charge in [-0.15, -0.1) is 0 Å². The lowest BCUT2D eigenvalue weighted by Gasteiger charge is -2.11. The molecule has 31 heavy (non-hydrogen) atoms. The lowest BCUT2D eigenvalue weighted by Crippen LogP contribution is -2.17. The topological polar surface area (TPSA) is 103 Å². The molecule has 0 saturated carbocycles. The molecular formula is C22H18ClN3O5. The van der Waals surface area contributed by atoms with Crippen LogP contribution >= 0.6 is 11.6 Å². The second-order valence-corrected chi connectivity index (χ2v) is 6.77. The molecule has 3 aromatic carbocycles. The van der Waals surface area contributed by atoms with Crippen molar-refractivity contribution in [2.45, 2.75) is 6.61 Å². The molecule has 0 unspecified atom stereocenters. The molecule has 1 N–H and O–H groups in total. The number of nitro groups is 1. The highest BCUT2D eigenvalue weighted by molar-refractivity contribution is 6.30. The summed E-state index contributed by atoms with van der Waals surface area (Å²) in [5.74, 6) is 0.477. The number of carbonyl (C=O) groups excluding carboxylic acids is 1. The van der Waals surface area contributed by atoms with Crippen molar-refractivity contribution in [3.05, 3.63) is 98.6 Å². The second kappa shape index (κ2) is 10.2. The van der Waals surface area contributed by atoms with E-state index in [1.165, 1.54) is 37.6 Å². The van der Waals surface area contributed by atoms with Gasteiger partial charge in [-0.2, -0.15) is 5.10 Å². The van der Waals surface area contributed by atoms with E-state index in [0.29, 0.717) is 28.7 Å². The molecule has 3 aromatic rings. The van der Waals surface area contributed by atoms with Crippen molar-refractivity contribution < 1.29 is 19.2 Å². The number of nitrogens with zero attached hydrogens (tertiary/aromatic N) is 2. The van der Waals surface area contributed by atoms with Gasteiger partial charge in [0.25, 0.3) is 11.6 Å². The summed E-state index contributed by atoms with van der Waals surface area (Å²) in [6.07, 6.45) is 1.43. The van der Waals surface area contributed by atoms with Crippen LogP contribution in [0, 0.1) is 10.1 Å². The van der Waals surface area contributed by atoms with Gasteiger partial charge in [-0.1, -0.05) is 29.8 Å².